The third kappa shape index (κ3) is 4.11. The summed E-state index contributed by atoms with van der Waals surface area (Å²) >= 11 is 0. The molecule has 0 bridgehead atoms. The van der Waals surface area contributed by atoms with Crippen LogP contribution in [0.25, 0.3) is 0 Å². The average molecular weight is 267 g/mol. The Morgan fingerprint density at radius 1 is 1.32 bits per heavy atom. The summed E-state index contributed by atoms with van der Waals surface area (Å²) in [5.41, 5.74) is 0. The lowest BCUT2D eigenvalue weighted by Crippen LogP contribution is -2.50. The van der Waals surface area contributed by atoms with E-state index in [4.69, 9.17) is 0 Å². The monoisotopic (exact) mass is 267 g/mol. The van der Waals surface area contributed by atoms with E-state index in [-0.39, 0.29) is 23.9 Å². The Balaban J connectivity index is 1.81. The minimum absolute atomic E-state index is 0.00328. The molecule has 0 spiro atoms. The van der Waals surface area contributed by atoms with E-state index in [1.165, 1.54) is 0 Å². The third-order valence-corrected chi connectivity index (χ3v) is 3.99. The number of piperidine rings is 1. The van der Waals surface area contributed by atoms with Crippen LogP contribution in [0.15, 0.2) is 0 Å². The molecule has 1 heterocycles. The molecule has 1 saturated carbocycles. The SMILES string of the molecule is CCC(C)NC(=O)C1CCCN(C(=O)NC2CC2)C1. The summed E-state index contributed by atoms with van der Waals surface area (Å²) in [5.74, 6) is 0.0472. The highest BCUT2D eigenvalue weighted by molar-refractivity contribution is 5.81. The molecule has 1 aliphatic carbocycles. The summed E-state index contributed by atoms with van der Waals surface area (Å²) in [5, 5.41) is 6.00. The minimum atomic E-state index is -0.0484. The van der Waals surface area contributed by atoms with E-state index in [9.17, 15) is 9.59 Å². The first-order valence-electron chi connectivity index (χ1n) is 7.46. The standard InChI is InChI=1S/C14H25N3O2/c1-3-10(2)15-13(18)11-5-4-8-17(9-11)14(19)16-12-6-7-12/h10-12H,3-9H2,1-2H3,(H,15,18)(H,16,19). The summed E-state index contributed by atoms with van der Waals surface area (Å²) in [6.07, 6.45) is 4.92. The van der Waals surface area contributed by atoms with Crippen molar-refractivity contribution in [3.63, 3.8) is 0 Å². The fraction of sp³-hybridized carbons (Fsp3) is 0.857. The van der Waals surface area contributed by atoms with E-state index in [0.29, 0.717) is 12.6 Å². The second-order valence-electron chi connectivity index (χ2n) is 5.83. The van der Waals surface area contributed by atoms with Crippen molar-refractivity contribution >= 4 is 11.9 Å². The number of hydrogen-bond acceptors (Lipinski definition) is 2. The zero-order valence-electron chi connectivity index (χ0n) is 11.9. The molecular weight excluding hydrogens is 242 g/mol. The number of nitrogens with zero attached hydrogens (tertiary/aromatic N) is 1. The Labute approximate surface area is 115 Å². The summed E-state index contributed by atoms with van der Waals surface area (Å²) in [7, 11) is 0. The van der Waals surface area contributed by atoms with Crippen molar-refractivity contribution in [2.75, 3.05) is 13.1 Å². The summed E-state index contributed by atoms with van der Waals surface area (Å²) < 4.78 is 0. The van der Waals surface area contributed by atoms with Gasteiger partial charge in [-0.05, 0) is 39.0 Å². The largest absolute Gasteiger partial charge is 0.353 e. The lowest BCUT2D eigenvalue weighted by Gasteiger charge is -2.32. The van der Waals surface area contributed by atoms with E-state index in [1.807, 2.05) is 6.92 Å². The highest BCUT2D eigenvalue weighted by Crippen LogP contribution is 2.21. The van der Waals surface area contributed by atoms with Gasteiger partial charge in [0.25, 0.3) is 0 Å². The fourth-order valence-corrected chi connectivity index (χ4v) is 2.33. The van der Waals surface area contributed by atoms with Crippen molar-refractivity contribution in [3.05, 3.63) is 0 Å². The van der Waals surface area contributed by atoms with Gasteiger partial charge in [0, 0.05) is 25.2 Å². The first-order valence-corrected chi connectivity index (χ1v) is 7.46. The highest BCUT2D eigenvalue weighted by Gasteiger charge is 2.31. The van der Waals surface area contributed by atoms with Gasteiger partial charge in [-0.3, -0.25) is 4.79 Å². The molecule has 2 rings (SSSR count). The van der Waals surface area contributed by atoms with Gasteiger partial charge in [-0.2, -0.15) is 0 Å². The van der Waals surface area contributed by atoms with Crippen LogP contribution in [-0.2, 0) is 4.79 Å². The Morgan fingerprint density at radius 3 is 2.68 bits per heavy atom. The first-order chi connectivity index (χ1) is 9.10. The molecule has 2 N–H and O–H groups in total. The maximum Gasteiger partial charge on any atom is 0.317 e. The van der Waals surface area contributed by atoms with Gasteiger partial charge in [0.15, 0.2) is 0 Å². The molecule has 0 radical (unpaired) electrons. The van der Waals surface area contributed by atoms with E-state index < -0.39 is 0 Å². The van der Waals surface area contributed by atoms with Crippen LogP contribution >= 0.6 is 0 Å². The smallest absolute Gasteiger partial charge is 0.317 e. The molecule has 2 unspecified atom stereocenters. The number of nitrogens with one attached hydrogen (secondary N) is 2. The van der Waals surface area contributed by atoms with Crippen LogP contribution in [0.1, 0.15) is 46.0 Å². The quantitative estimate of drug-likeness (QED) is 0.810. The summed E-state index contributed by atoms with van der Waals surface area (Å²) in [6, 6.07) is 0.591. The lowest BCUT2D eigenvalue weighted by molar-refractivity contribution is -0.126. The van der Waals surface area contributed by atoms with Crippen molar-refractivity contribution in [2.24, 2.45) is 5.92 Å². The van der Waals surface area contributed by atoms with E-state index in [0.717, 1.165) is 38.6 Å². The van der Waals surface area contributed by atoms with Gasteiger partial charge < -0.3 is 15.5 Å². The van der Waals surface area contributed by atoms with Crippen LogP contribution in [0.2, 0.25) is 0 Å². The van der Waals surface area contributed by atoms with Crippen LogP contribution < -0.4 is 10.6 Å². The van der Waals surface area contributed by atoms with Crippen molar-refractivity contribution in [2.45, 2.75) is 58.0 Å². The number of amides is 3. The van der Waals surface area contributed by atoms with Gasteiger partial charge in [-0.25, -0.2) is 4.79 Å². The van der Waals surface area contributed by atoms with Crippen LogP contribution in [0.5, 0.6) is 0 Å². The predicted molar refractivity (Wildman–Crippen MR) is 73.7 cm³/mol. The van der Waals surface area contributed by atoms with Crippen molar-refractivity contribution in [1.29, 1.82) is 0 Å². The number of urea groups is 1. The Morgan fingerprint density at radius 2 is 2.05 bits per heavy atom. The topological polar surface area (TPSA) is 61.4 Å². The normalized spacial score (nSPS) is 24.7. The molecule has 19 heavy (non-hydrogen) atoms. The molecular formula is C14H25N3O2. The van der Waals surface area contributed by atoms with Crippen LogP contribution in [-0.4, -0.2) is 42.0 Å². The Bertz CT molecular complexity index is 342. The van der Waals surface area contributed by atoms with Gasteiger partial charge >= 0.3 is 6.03 Å². The van der Waals surface area contributed by atoms with E-state index in [2.05, 4.69) is 17.6 Å². The number of hydrogen-bond donors (Lipinski definition) is 2. The van der Waals surface area contributed by atoms with Crippen LogP contribution in [0.4, 0.5) is 4.79 Å². The zero-order chi connectivity index (χ0) is 13.8. The molecule has 108 valence electrons. The van der Waals surface area contributed by atoms with Gasteiger partial charge in [0.05, 0.1) is 5.92 Å². The van der Waals surface area contributed by atoms with E-state index >= 15 is 0 Å². The molecule has 2 fully saturated rings. The first kappa shape index (κ1) is 14.2. The average Bonchev–Trinajstić information content (AvgIpc) is 3.22. The minimum Gasteiger partial charge on any atom is -0.353 e. The van der Waals surface area contributed by atoms with E-state index in [1.54, 1.807) is 4.90 Å². The summed E-state index contributed by atoms with van der Waals surface area (Å²) in [6.45, 7) is 5.39. The molecule has 5 nitrogen and oxygen atoms in total. The lowest BCUT2D eigenvalue weighted by atomic mass is 9.97. The molecule has 5 heteroatoms. The number of carbonyl (C=O) groups excluding carboxylic acids is 2. The fourth-order valence-electron chi connectivity index (χ4n) is 2.33. The highest BCUT2D eigenvalue weighted by atomic mass is 16.2. The Kier molecular flexibility index (Phi) is 4.66. The zero-order valence-corrected chi connectivity index (χ0v) is 11.9. The molecule has 2 aliphatic rings. The maximum atomic E-state index is 12.1. The molecule has 1 aliphatic heterocycles. The molecule has 0 aromatic rings. The molecule has 2 atom stereocenters. The Hall–Kier alpha value is -1.26. The molecule has 1 saturated heterocycles. The molecule has 3 amide bonds. The molecule has 0 aromatic heterocycles. The van der Waals surface area contributed by atoms with Crippen molar-refractivity contribution < 1.29 is 9.59 Å². The van der Waals surface area contributed by atoms with Crippen LogP contribution in [0.3, 0.4) is 0 Å². The van der Waals surface area contributed by atoms with Gasteiger partial charge in [-0.1, -0.05) is 6.92 Å². The van der Waals surface area contributed by atoms with Crippen molar-refractivity contribution in [3.8, 4) is 0 Å². The predicted octanol–water partition coefficient (Wildman–Crippen LogP) is 1.49. The number of rotatable bonds is 4. The number of carbonyl (C=O) groups is 2. The maximum absolute atomic E-state index is 12.1. The second-order valence-corrected chi connectivity index (χ2v) is 5.83. The summed E-state index contributed by atoms with van der Waals surface area (Å²) in [4.78, 5) is 25.9. The third-order valence-electron chi connectivity index (χ3n) is 3.99. The van der Waals surface area contributed by atoms with Gasteiger partial charge in [0.2, 0.25) is 5.91 Å². The van der Waals surface area contributed by atoms with Crippen molar-refractivity contribution in [1.82, 2.24) is 15.5 Å². The van der Waals surface area contributed by atoms with Crippen LogP contribution in [0, 0.1) is 5.92 Å². The number of likely N-dealkylation sites (tertiary alicyclic amines) is 1. The second kappa shape index (κ2) is 6.26. The van der Waals surface area contributed by atoms with Gasteiger partial charge in [0.1, 0.15) is 0 Å². The van der Waals surface area contributed by atoms with Gasteiger partial charge in [-0.15, -0.1) is 0 Å². The molecule has 0 aromatic carbocycles.